The van der Waals surface area contributed by atoms with E-state index in [1.165, 1.54) is 80.5 Å². The van der Waals surface area contributed by atoms with Gasteiger partial charge in [0.15, 0.2) is 0 Å². The highest BCUT2D eigenvalue weighted by Crippen LogP contribution is 2.60. The monoisotopic (exact) mass is 2160 g/mol. The van der Waals surface area contributed by atoms with E-state index in [9.17, 15) is 0 Å². The summed E-state index contributed by atoms with van der Waals surface area (Å²) in [6, 6.07) is 40.3. The molecule has 3 aliphatic rings. The van der Waals surface area contributed by atoms with Crippen LogP contribution in [-0.4, -0.2) is 46.2 Å². The van der Waals surface area contributed by atoms with Crippen molar-refractivity contribution in [3.05, 3.63) is 209 Å². The van der Waals surface area contributed by atoms with Crippen molar-refractivity contribution in [2.24, 2.45) is 23.0 Å². The number of rotatable bonds is 16. The molecule has 13 rings (SSSR count). The fraction of sp³-hybridized carbons (Fsp3) is 0.628. The molecule has 0 bridgehead atoms. The molecule has 5 heterocycles. The van der Waals surface area contributed by atoms with Crippen molar-refractivity contribution < 1.29 is 66.2 Å². The van der Waals surface area contributed by atoms with Gasteiger partial charge in [0, 0.05) is 89.6 Å². The zero-order valence-corrected chi connectivity index (χ0v) is 107. The van der Waals surface area contributed by atoms with Gasteiger partial charge in [-0.15, -0.1) is 4.20 Å². The van der Waals surface area contributed by atoms with E-state index < -0.39 is 42.4 Å². The van der Waals surface area contributed by atoms with Crippen LogP contribution in [-0.2, 0) is 106 Å². The molecule has 0 amide bonds. The first-order valence-corrected chi connectivity index (χ1v) is 60.7. The van der Waals surface area contributed by atoms with E-state index in [1.54, 1.807) is 0 Å². The Morgan fingerprint density at radius 1 is 0.353 bits per heavy atom. The van der Waals surface area contributed by atoms with E-state index >= 15 is 4.20 Å². The molecule has 150 heavy (non-hydrogen) atoms. The van der Waals surface area contributed by atoms with Crippen molar-refractivity contribution >= 4 is 86.2 Å². The van der Waals surface area contributed by atoms with Crippen LogP contribution in [0.15, 0.2) is 126 Å². The first-order valence-electron chi connectivity index (χ1n) is 55.3. The summed E-state index contributed by atoms with van der Waals surface area (Å²) >= 11 is 0. The molecule has 2 N–H and O–H groups in total. The molecule has 2 saturated heterocycles. The quantitative estimate of drug-likeness (QED) is 0.0906. The lowest BCUT2D eigenvalue weighted by molar-refractivity contribution is -0.0673. The van der Waals surface area contributed by atoms with E-state index in [4.69, 9.17) is 67.8 Å². The highest BCUT2D eigenvalue weighted by Gasteiger charge is 2.47. The predicted octanol–water partition coefficient (Wildman–Crippen LogP) is 40.8. The summed E-state index contributed by atoms with van der Waals surface area (Å²) < 4.78 is 104. The van der Waals surface area contributed by atoms with E-state index in [0.29, 0.717) is 69.5 Å². The lowest BCUT2D eigenvalue weighted by Gasteiger charge is -2.41. The van der Waals surface area contributed by atoms with E-state index in [1.807, 2.05) is 0 Å². The molecule has 10 aromatic rings. The second-order valence-electron chi connectivity index (χ2n) is 58.8. The van der Waals surface area contributed by atoms with Gasteiger partial charge in [0.2, 0.25) is 0 Å². The van der Waals surface area contributed by atoms with Gasteiger partial charge in [-0.3, -0.25) is 9.05 Å². The van der Waals surface area contributed by atoms with Gasteiger partial charge in [-0.05, 0) is 181 Å². The summed E-state index contributed by atoms with van der Waals surface area (Å²) in [5.41, 5.74) is 29.5. The average Bonchev–Trinajstić information content (AvgIpc) is 1.42. The Hall–Kier alpha value is -6.30. The van der Waals surface area contributed by atoms with Gasteiger partial charge < -0.3 is 58.7 Å². The van der Waals surface area contributed by atoms with Crippen LogP contribution in [0.1, 0.15) is 478 Å². The zero-order chi connectivity index (χ0) is 113. The molecule has 834 valence electrons. The highest BCUT2D eigenvalue weighted by atomic mass is 31.2. The van der Waals surface area contributed by atoms with E-state index in [2.05, 4.69) is 455 Å². The van der Waals surface area contributed by atoms with Crippen LogP contribution in [0.4, 0.5) is 4.20 Å². The third-order valence-electron chi connectivity index (χ3n) is 28.8. The maximum absolute atomic E-state index is 15.5. The van der Waals surface area contributed by atoms with Crippen LogP contribution < -0.4 is 32.9 Å². The molecular formula is C129H197FNO14P5. The second-order valence-corrected chi connectivity index (χ2v) is 64.1. The van der Waals surface area contributed by atoms with Crippen LogP contribution in [0.2, 0.25) is 0 Å². The summed E-state index contributed by atoms with van der Waals surface area (Å²) in [5.74, 6) is 3.98. The maximum Gasteiger partial charge on any atom is 0.505 e. The van der Waals surface area contributed by atoms with E-state index in [-0.39, 0.29) is 92.6 Å². The molecule has 4 unspecified atom stereocenters. The van der Waals surface area contributed by atoms with Crippen molar-refractivity contribution in [2.45, 2.75) is 465 Å². The Kier molecular flexibility index (Phi) is 39.1. The Bertz CT molecular complexity index is 6220. The highest BCUT2D eigenvalue weighted by molar-refractivity contribution is 7.42. The molecule has 4 atom stereocenters. The molecule has 2 aromatic heterocycles. The Morgan fingerprint density at radius 3 is 1.01 bits per heavy atom. The van der Waals surface area contributed by atoms with Crippen molar-refractivity contribution in [2.75, 3.05) is 46.2 Å². The number of hydrogen-bond donors (Lipinski definition) is 1. The minimum absolute atomic E-state index is 0.00492. The van der Waals surface area contributed by atoms with Gasteiger partial charge in [-0.2, -0.15) is 0 Å². The van der Waals surface area contributed by atoms with Crippen molar-refractivity contribution in [3.8, 4) is 23.0 Å². The normalized spacial score (nSPS) is 18.1. The third kappa shape index (κ3) is 31.7. The zero-order valence-electron chi connectivity index (χ0n) is 103. The van der Waals surface area contributed by atoms with Gasteiger partial charge in [-0.1, -0.05) is 444 Å². The van der Waals surface area contributed by atoms with Gasteiger partial charge in [-0.25, -0.2) is 0 Å². The minimum Gasteiger partial charge on any atom is -0.426 e. The molecule has 0 aliphatic carbocycles. The number of unbranched alkanes of at least 4 members (excludes halogenated alkanes) is 1. The first kappa shape index (κ1) is 125. The van der Waals surface area contributed by atoms with Gasteiger partial charge in [0.1, 0.15) is 45.3 Å². The van der Waals surface area contributed by atoms with Crippen molar-refractivity contribution in [3.63, 3.8) is 0 Å². The van der Waals surface area contributed by atoms with Crippen LogP contribution in [0.5, 0.6) is 23.0 Å². The standard InChI is InChI=1S/C36H57O3P.C33H50O6P2.C30H44FO2P.C30H46NO3P/c1-15-17-18-24(16-2)23-37-40-38-31-27(19-25(33(3,4)5)21-29(31)35(9,10)11)28-20-26(34(6,7)8)22-30(32(28)39-40)36(12,13)14;1-29(2,3)23-13-15-27(25(17-23)31(7,8)9)38-40-34-19-33(20-35-40)21-36-41(37-22-33)39-28-16-14-24(30(4,5)6)18-26(28)32(10,11)12;1-18(2)13-20-14-22-19(3)23-16-21(28(4,5)6)17-25(30(10,11)12)27(23)33-34(31)32-26(22)24(15-20)29(7,8)9;1-27(2,3)19-17-21-20-13-14-22(28(4,5)6)24(30(10,11)12)26(20)34-35(32-16-15-31)33-25(21)23(18-19)29(7,8)9/h19-22,24H,15-18,23H2,1-14H3;13-18H,19-22H2,1-12H3;14-19H,13H2,1-12H3;13-14,17-18H,15-16,31H2,1-12H3. The average molecular weight is 2160 g/mol. The van der Waals surface area contributed by atoms with Crippen LogP contribution >= 0.6 is 42.4 Å². The summed E-state index contributed by atoms with van der Waals surface area (Å²) in [6.45, 7) is 115. The smallest absolute Gasteiger partial charge is 0.426 e. The summed E-state index contributed by atoms with van der Waals surface area (Å²) in [5, 5.41) is 4.38. The molecule has 1 spiro atoms. The van der Waals surface area contributed by atoms with Crippen molar-refractivity contribution in [1.82, 2.24) is 0 Å². The number of nitrogens with two attached hydrogens (primary N) is 1. The Labute approximate surface area is 913 Å². The third-order valence-corrected chi connectivity index (χ3v) is 33.5. The maximum atomic E-state index is 15.5. The molecule has 0 radical (unpaired) electrons. The SMILES string of the molecule is CC(C)(C)c1cc(C(C)(C)C)c2op(OCCN)oc3c(C(C)(C)C)c(C(C)(C)C)ccc3c2c1.CC(C)(C)c1ccc(OP2OCC3(CO2)COP(Oc2ccc(C(C)(C)C)cc2C(C)(C)C)OC3)c(C(C)(C)C)c1.CC(C)Cc1cc2c(c(C(C)(C)C)c1)OP(F)Oc1c(cc(C(C)(C)C)cc1C(C)(C)C)C2C.CCCCC(CC)COp1oc2c(C(C)(C)C)cc(C(C)(C)C)cc2c2cc(C(C)(C)C)cc(C(C)(C)C)c2o1. The topological polar surface area (TPSA) is 171 Å². The predicted molar refractivity (Wildman–Crippen MR) is 641 cm³/mol. The lowest BCUT2D eigenvalue weighted by Crippen LogP contribution is -2.45. The fourth-order valence-electron chi connectivity index (χ4n) is 19.0. The summed E-state index contributed by atoms with van der Waals surface area (Å²) in [4.78, 5) is 0. The molecule has 0 saturated carbocycles. The number of hydrogen-bond acceptors (Lipinski definition) is 15. The Morgan fingerprint density at radius 2 is 0.680 bits per heavy atom. The fourth-order valence-corrected chi connectivity index (χ4v) is 24.5. The second kappa shape index (κ2) is 46.7. The number of benzene rings is 8. The molecule has 3 aliphatic heterocycles. The van der Waals surface area contributed by atoms with Crippen LogP contribution in [0.25, 0.3) is 43.9 Å². The minimum atomic E-state index is -2.62. The number of fused-ring (bicyclic) bond motifs is 8. The van der Waals surface area contributed by atoms with Crippen LogP contribution in [0, 0.1) is 17.3 Å². The molecular weight excluding hydrogens is 1960 g/mol. The summed E-state index contributed by atoms with van der Waals surface area (Å²) in [6.07, 6.45) is 5.68. The van der Waals surface area contributed by atoms with Crippen LogP contribution in [0.3, 0.4) is 0 Å². The largest absolute Gasteiger partial charge is 0.505 e. The van der Waals surface area contributed by atoms with Gasteiger partial charge in [0.05, 0.1) is 45.1 Å². The molecule has 8 aromatic carbocycles. The van der Waals surface area contributed by atoms with Gasteiger partial charge in [0.25, 0.3) is 0 Å². The van der Waals surface area contributed by atoms with Gasteiger partial charge >= 0.3 is 42.4 Å². The summed E-state index contributed by atoms with van der Waals surface area (Å²) in [7, 11) is -8.95. The lowest BCUT2D eigenvalue weighted by atomic mass is 9.74. The Balaban J connectivity index is 0.000000205. The van der Waals surface area contributed by atoms with Crippen molar-refractivity contribution in [1.29, 1.82) is 0 Å². The molecule has 21 heteroatoms. The first-order chi connectivity index (χ1) is 68.3. The molecule has 2 fully saturated rings. The number of halogens is 1. The van der Waals surface area contributed by atoms with E-state index in [0.717, 1.165) is 107 Å². The molecule has 15 nitrogen and oxygen atoms in total.